The van der Waals surface area contributed by atoms with Gasteiger partial charge >= 0.3 is 6.03 Å². The highest BCUT2D eigenvalue weighted by molar-refractivity contribution is 5.75. The van der Waals surface area contributed by atoms with Crippen molar-refractivity contribution in [1.29, 1.82) is 0 Å². The standard InChI is InChI=1S/C12H21N3O/c16-12(13-10-4-5-10)15-8-7-14-6-2-1-3-11(14)9-15/h10-11H,1-9H2,(H,13,16). The Morgan fingerprint density at radius 3 is 2.75 bits per heavy atom. The van der Waals surface area contributed by atoms with Crippen LogP contribution in [0.3, 0.4) is 0 Å². The van der Waals surface area contributed by atoms with Crippen molar-refractivity contribution >= 4 is 6.03 Å². The maximum Gasteiger partial charge on any atom is 0.317 e. The average molecular weight is 223 g/mol. The van der Waals surface area contributed by atoms with Crippen molar-refractivity contribution in [3.8, 4) is 0 Å². The zero-order valence-corrected chi connectivity index (χ0v) is 9.82. The molecule has 0 aromatic carbocycles. The molecule has 0 bridgehead atoms. The van der Waals surface area contributed by atoms with Gasteiger partial charge in [-0.1, -0.05) is 6.42 Å². The van der Waals surface area contributed by atoms with Gasteiger partial charge in [-0.15, -0.1) is 0 Å². The van der Waals surface area contributed by atoms with Crippen LogP contribution in [0.5, 0.6) is 0 Å². The van der Waals surface area contributed by atoms with Crippen molar-refractivity contribution in [2.24, 2.45) is 0 Å². The fraction of sp³-hybridized carbons (Fsp3) is 0.917. The molecule has 1 saturated carbocycles. The van der Waals surface area contributed by atoms with E-state index in [0.717, 1.165) is 19.6 Å². The molecule has 2 amide bonds. The van der Waals surface area contributed by atoms with E-state index in [4.69, 9.17) is 0 Å². The summed E-state index contributed by atoms with van der Waals surface area (Å²) in [5.41, 5.74) is 0. The lowest BCUT2D eigenvalue weighted by Crippen LogP contribution is -2.58. The lowest BCUT2D eigenvalue weighted by atomic mass is 10.00. The average Bonchev–Trinajstić information content (AvgIpc) is 3.12. The van der Waals surface area contributed by atoms with E-state index in [1.807, 2.05) is 4.90 Å². The van der Waals surface area contributed by atoms with Crippen LogP contribution < -0.4 is 5.32 Å². The molecule has 0 aromatic heterocycles. The summed E-state index contributed by atoms with van der Waals surface area (Å²) in [4.78, 5) is 16.5. The van der Waals surface area contributed by atoms with Crippen molar-refractivity contribution in [1.82, 2.24) is 15.1 Å². The smallest absolute Gasteiger partial charge is 0.317 e. The third-order valence-electron chi connectivity index (χ3n) is 4.03. The van der Waals surface area contributed by atoms with Crippen LogP contribution in [-0.4, -0.2) is 54.1 Å². The van der Waals surface area contributed by atoms with Crippen LogP contribution in [0.15, 0.2) is 0 Å². The minimum Gasteiger partial charge on any atom is -0.335 e. The van der Waals surface area contributed by atoms with Crippen LogP contribution >= 0.6 is 0 Å². The Hall–Kier alpha value is -0.770. The highest BCUT2D eigenvalue weighted by atomic mass is 16.2. The molecule has 2 saturated heterocycles. The summed E-state index contributed by atoms with van der Waals surface area (Å²) in [6, 6.07) is 1.29. The molecule has 4 heteroatoms. The van der Waals surface area contributed by atoms with Crippen molar-refractivity contribution in [3.05, 3.63) is 0 Å². The molecule has 1 N–H and O–H groups in total. The number of hydrogen-bond acceptors (Lipinski definition) is 2. The number of carbonyl (C=O) groups is 1. The first-order valence-corrected chi connectivity index (χ1v) is 6.62. The van der Waals surface area contributed by atoms with Gasteiger partial charge in [-0.2, -0.15) is 0 Å². The molecule has 3 aliphatic rings. The number of hydrogen-bond donors (Lipinski definition) is 1. The van der Waals surface area contributed by atoms with Crippen molar-refractivity contribution < 1.29 is 4.79 Å². The summed E-state index contributed by atoms with van der Waals surface area (Å²) < 4.78 is 0. The summed E-state index contributed by atoms with van der Waals surface area (Å²) in [7, 11) is 0. The van der Waals surface area contributed by atoms with Gasteiger partial charge in [-0.05, 0) is 32.2 Å². The van der Waals surface area contributed by atoms with Gasteiger partial charge < -0.3 is 10.2 Å². The molecule has 4 nitrogen and oxygen atoms in total. The van der Waals surface area contributed by atoms with E-state index in [1.54, 1.807) is 0 Å². The van der Waals surface area contributed by atoms with Crippen LogP contribution in [0.2, 0.25) is 0 Å². The molecule has 2 heterocycles. The Balaban J connectivity index is 1.54. The van der Waals surface area contributed by atoms with Crippen LogP contribution in [0.1, 0.15) is 32.1 Å². The number of nitrogens with one attached hydrogen (secondary N) is 1. The molecule has 3 rings (SSSR count). The molecule has 2 aliphatic heterocycles. The van der Waals surface area contributed by atoms with E-state index < -0.39 is 0 Å². The van der Waals surface area contributed by atoms with Crippen molar-refractivity contribution in [2.75, 3.05) is 26.2 Å². The number of piperazine rings is 1. The van der Waals surface area contributed by atoms with E-state index >= 15 is 0 Å². The number of nitrogens with zero attached hydrogens (tertiary/aromatic N) is 2. The van der Waals surface area contributed by atoms with E-state index in [-0.39, 0.29) is 6.03 Å². The number of fused-ring (bicyclic) bond motifs is 1. The van der Waals surface area contributed by atoms with E-state index in [9.17, 15) is 4.79 Å². The van der Waals surface area contributed by atoms with Crippen LogP contribution in [0.4, 0.5) is 4.79 Å². The minimum absolute atomic E-state index is 0.174. The van der Waals surface area contributed by atoms with Gasteiger partial charge in [0, 0.05) is 31.7 Å². The molecule has 0 spiro atoms. The number of urea groups is 1. The molecule has 0 radical (unpaired) electrons. The van der Waals surface area contributed by atoms with Gasteiger partial charge in [0.15, 0.2) is 0 Å². The molecule has 3 fully saturated rings. The van der Waals surface area contributed by atoms with Crippen LogP contribution in [-0.2, 0) is 0 Å². The summed E-state index contributed by atoms with van der Waals surface area (Å²) in [5.74, 6) is 0. The molecule has 90 valence electrons. The van der Waals surface area contributed by atoms with Gasteiger partial charge in [-0.25, -0.2) is 4.79 Å². The van der Waals surface area contributed by atoms with E-state index in [1.165, 1.54) is 38.6 Å². The summed E-state index contributed by atoms with van der Waals surface area (Å²) >= 11 is 0. The Morgan fingerprint density at radius 1 is 1.06 bits per heavy atom. The Labute approximate surface area is 97.0 Å². The van der Waals surface area contributed by atoms with Crippen LogP contribution in [0.25, 0.3) is 0 Å². The molecular weight excluding hydrogens is 202 g/mol. The van der Waals surface area contributed by atoms with Gasteiger partial charge in [0.25, 0.3) is 0 Å². The first-order chi connectivity index (χ1) is 7.83. The third kappa shape index (κ3) is 2.17. The maximum atomic E-state index is 11.9. The lowest BCUT2D eigenvalue weighted by Gasteiger charge is -2.43. The van der Waals surface area contributed by atoms with Gasteiger partial charge in [0.1, 0.15) is 0 Å². The molecule has 1 unspecified atom stereocenters. The second-order valence-corrected chi connectivity index (χ2v) is 5.36. The first-order valence-electron chi connectivity index (χ1n) is 6.62. The normalized spacial score (nSPS) is 31.0. The molecule has 1 aliphatic carbocycles. The minimum atomic E-state index is 0.174. The highest BCUT2D eigenvalue weighted by Gasteiger charge is 2.32. The molecule has 1 atom stereocenters. The second-order valence-electron chi connectivity index (χ2n) is 5.36. The maximum absolute atomic E-state index is 11.9. The van der Waals surface area contributed by atoms with Crippen LogP contribution in [0, 0.1) is 0 Å². The zero-order chi connectivity index (χ0) is 11.0. The third-order valence-corrected chi connectivity index (χ3v) is 4.03. The Kier molecular flexibility index (Phi) is 2.75. The topological polar surface area (TPSA) is 35.6 Å². The first kappa shape index (κ1) is 10.4. The number of rotatable bonds is 1. The fourth-order valence-corrected chi connectivity index (χ4v) is 2.83. The summed E-state index contributed by atoms with van der Waals surface area (Å²) in [6.07, 6.45) is 6.29. The monoisotopic (exact) mass is 223 g/mol. The number of amides is 2. The Morgan fingerprint density at radius 2 is 1.94 bits per heavy atom. The predicted octanol–water partition coefficient (Wildman–Crippen LogP) is 1.03. The second kappa shape index (κ2) is 4.24. The quantitative estimate of drug-likeness (QED) is 0.720. The van der Waals surface area contributed by atoms with Crippen molar-refractivity contribution in [3.63, 3.8) is 0 Å². The van der Waals surface area contributed by atoms with E-state index in [0.29, 0.717) is 12.1 Å². The SMILES string of the molecule is O=C(NC1CC1)N1CCN2CCCCC2C1. The highest BCUT2D eigenvalue weighted by Crippen LogP contribution is 2.22. The van der Waals surface area contributed by atoms with Gasteiger partial charge in [0.05, 0.1) is 0 Å². The predicted molar refractivity (Wildman–Crippen MR) is 62.3 cm³/mol. The lowest BCUT2D eigenvalue weighted by molar-refractivity contribution is 0.0643. The largest absolute Gasteiger partial charge is 0.335 e. The van der Waals surface area contributed by atoms with Gasteiger partial charge in [-0.3, -0.25) is 4.90 Å². The molecular formula is C12H21N3O. The number of piperidine rings is 1. The van der Waals surface area contributed by atoms with E-state index in [2.05, 4.69) is 10.2 Å². The summed E-state index contributed by atoms with van der Waals surface area (Å²) in [5, 5.41) is 3.09. The molecule has 16 heavy (non-hydrogen) atoms. The number of carbonyl (C=O) groups excluding carboxylic acids is 1. The fourth-order valence-electron chi connectivity index (χ4n) is 2.83. The summed E-state index contributed by atoms with van der Waals surface area (Å²) in [6.45, 7) is 4.17. The van der Waals surface area contributed by atoms with Gasteiger partial charge in [0.2, 0.25) is 0 Å². The zero-order valence-electron chi connectivity index (χ0n) is 9.82. The molecule has 0 aromatic rings. The Bertz CT molecular complexity index is 277. The van der Waals surface area contributed by atoms with Crippen molar-refractivity contribution in [2.45, 2.75) is 44.2 Å².